The van der Waals surface area contributed by atoms with E-state index in [4.69, 9.17) is 16.3 Å². The lowest BCUT2D eigenvalue weighted by atomic mass is 9.97. The highest BCUT2D eigenvalue weighted by Crippen LogP contribution is 2.27. The molecule has 1 aliphatic rings. The molecular weight excluding hydrogens is 446 g/mol. The summed E-state index contributed by atoms with van der Waals surface area (Å²) in [6, 6.07) is 13.1. The zero-order chi connectivity index (χ0) is 21.9. The number of nitrogens with zero attached hydrogens (tertiary/aromatic N) is 5. The second-order valence-electron chi connectivity index (χ2n) is 7.82. The van der Waals surface area contributed by atoms with Crippen LogP contribution >= 0.6 is 22.9 Å². The molecule has 4 heterocycles. The largest absolute Gasteiger partial charge is 0.486 e. The number of hydrogen-bond acceptors (Lipinski definition) is 6. The molecule has 3 aromatic heterocycles. The monoisotopic (exact) mass is 467 g/mol. The number of hydrogen-bond donors (Lipinski definition) is 0. The van der Waals surface area contributed by atoms with Crippen LogP contribution in [0.2, 0.25) is 5.02 Å². The fraction of sp³-hybridized carbons (Fsp3) is 0.304. The molecule has 1 fully saturated rings. The van der Waals surface area contributed by atoms with Gasteiger partial charge in [-0.3, -0.25) is 9.20 Å². The fourth-order valence-electron chi connectivity index (χ4n) is 3.99. The van der Waals surface area contributed by atoms with Gasteiger partial charge in [-0.1, -0.05) is 17.7 Å². The second kappa shape index (κ2) is 9.26. The van der Waals surface area contributed by atoms with Crippen LogP contribution in [0.15, 0.2) is 54.0 Å². The molecule has 7 nitrogen and oxygen atoms in total. The van der Waals surface area contributed by atoms with Crippen molar-refractivity contribution in [3.63, 3.8) is 0 Å². The van der Waals surface area contributed by atoms with Gasteiger partial charge in [-0.25, -0.2) is 4.98 Å². The first-order valence-corrected chi connectivity index (χ1v) is 11.8. The SMILES string of the molecule is O=C(Cc1csc(COc2ccc(Cl)cc2)n1)N1CCCC(c2nnc3ccccn23)C1. The minimum atomic E-state index is 0.0963. The van der Waals surface area contributed by atoms with Crippen LogP contribution in [0.25, 0.3) is 5.65 Å². The number of thiazole rings is 1. The first kappa shape index (κ1) is 20.9. The summed E-state index contributed by atoms with van der Waals surface area (Å²) < 4.78 is 7.77. The van der Waals surface area contributed by atoms with Crippen molar-refractivity contribution in [1.82, 2.24) is 24.5 Å². The van der Waals surface area contributed by atoms with Crippen LogP contribution in [-0.4, -0.2) is 43.5 Å². The summed E-state index contributed by atoms with van der Waals surface area (Å²) in [6.45, 7) is 1.79. The molecule has 4 aromatic rings. The number of halogens is 1. The lowest BCUT2D eigenvalue weighted by Crippen LogP contribution is -2.40. The van der Waals surface area contributed by atoms with Gasteiger partial charge in [-0.15, -0.1) is 21.5 Å². The normalized spacial score (nSPS) is 16.4. The molecule has 1 atom stereocenters. The van der Waals surface area contributed by atoms with E-state index >= 15 is 0 Å². The lowest BCUT2D eigenvalue weighted by Gasteiger charge is -2.32. The second-order valence-corrected chi connectivity index (χ2v) is 9.20. The van der Waals surface area contributed by atoms with Gasteiger partial charge in [0.05, 0.1) is 12.1 Å². The Morgan fingerprint density at radius 2 is 2.06 bits per heavy atom. The van der Waals surface area contributed by atoms with Crippen molar-refractivity contribution in [3.8, 4) is 5.75 Å². The number of amides is 1. The van der Waals surface area contributed by atoms with E-state index in [0.29, 0.717) is 24.6 Å². The molecule has 1 saturated heterocycles. The molecule has 0 N–H and O–H groups in total. The Morgan fingerprint density at radius 1 is 1.19 bits per heavy atom. The quantitative estimate of drug-likeness (QED) is 0.421. The Kier molecular flexibility index (Phi) is 6.05. The molecule has 1 aliphatic heterocycles. The van der Waals surface area contributed by atoms with Gasteiger partial charge in [-0.05, 0) is 49.2 Å². The third-order valence-corrected chi connectivity index (χ3v) is 6.71. The number of likely N-dealkylation sites (tertiary alicyclic amines) is 1. The number of piperidine rings is 1. The summed E-state index contributed by atoms with van der Waals surface area (Å²) in [5, 5.41) is 12.1. The molecule has 0 aliphatic carbocycles. The smallest absolute Gasteiger partial charge is 0.228 e. The standard InChI is InChI=1S/C23H22ClN5O2S/c24-17-6-8-19(9-7-17)31-14-21-25-18(15-32-21)12-22(30)28-10-3-4-16(13-28)23-27-26-20-5-1-2-11-29(20)23/h1-2,5-9,11,15-16H,3-4,10,12-14H2. The zero-order valence-corrected chi connectivity index (χ0v) is 18.9. The molecule has 32 heavy (non-hydrogen) atoms. The van der Waals surface area contributed by atoms with E-state index in [9.17, 15) is 4.79 Å². The van der Waals surface area contributed by atoms with E-state index in [1.165, 1.54) is 11.3 Å². The number of carbonyl (C=O) groups is 1. The molecule has 1 unspecified atom stereocenters. The lowest BCUT2D eigenvalue weighted by molar-refractivity contribution is -0.131. The molecule has 0 radical (unpaired) electrons. The molecule has 1 aromatic carbocycles. The van der Waals surface area contributed by atoms with Crippen molar-refractivity contribution in [2.24, 2.45) is 0 Å². The topological polar surface area (TPSA) is 72.6 Å². The molecule has 0 bridgehead atoms. The molecule has 5 rings (SSSR count). The number of fused-ring (bicyclic) bond motifs is 1. The first-order chi connectivity index (χ1) is 15.7. The van der Waals surface area contributed by atoms with Gasteiger partial charge in [0.2, 0.25) is 5.91 Å². The van der Waals surface area contributed by atoms with Crippen molar-refractivity contribution >= 4 is 34.5 Å². The van der Waals surface area contributed by atoms with Crippen LogP contribution in [0, 0.1) is 0 Å². The third kappa shape index (κ3) is 4.61. The molecule has 164 valence electrons. The minimum absolute atomic E-state index is 0.0963. The Balaban J connectivity index is 1.19. The summed E-state index contributed by atoms with van der Waals surface area (Å²) >= 11 is 7.40. The van der Waals surface area contributed by atoms with Gasteiger partial charge < -0.3 is 9.64 Å². The number of ether oxygens (including phenoxy) is 1. The Labute approximate surface area is 194 Å². The van der Waals surface area contributed by atoms with E-state index in [2.05, 4.69) is 15.2 Å². The van der Waals surface area contributed by atoms with Crippen LogP contribution in [0.1, 0.15) is 35.3 Å². The number of pyridine rings is 1. The van der Waals surface area contributed by atoms with Gasteiger partial charge in [0, 0.05) is 35.6 Å². The van der Waals surface area contributed by atoms with Crippen LogP contribution < -0.4 is 4.74 Å². The molecule has 0 saturated carbocycles. The fourth-order valence-corrected chi connectivity index (χ4v) is 4.82. The van der Waals surface area contributed by atoms with Crippen molar-refractivity contribution in [2.75, 3.05) is 13.1 Å². The van der Waals surface area contributed by atoms with Gasteiger partial charge >= 0.3 is 0 Å². The Bertz CT molecular complexity index is 1220. The molecule has 0 spiro atoms. The van der Waals surface area contributed by atoms with E-state index in [-0.39, 0.29) is 11.8 Å². The summed E-state index contributed by atoms with van der Waals surface area (Å²) in [5.74, 6) is 1.94. The van der Waals surface area contributed by atoms with E-state index in [1.54, 1.807) is 12.1 Å². The summed E-state index contributed by atoms with van der Waals surface area (Å²) in [4.78, 5) is 19.5. The van der Waals surface area contributed by atoms with Crippen LogP contribution in [0.5, 0.6) is 5.75 Å². The van der Waals surface area contributed by atoms with Crippen molar-refractivity contribution in [3.05, 3.63) is 75.6 Å². The van der Waals surface area contributed by atoms with Gasteiger partial charge in [0.15, 0.2) is 5.65 Å². The number of benzene rings is 1. The first-order valence-electron chi connectivity index (χ1n) is 10.5. The predicted octanol–water partition coefficient (Wildman–Crippen LogP) is 4.37. The van der Waals surface area contributed by atoms with E-state index in [1.807, 2.05) is 51.2 Å². The molecular formula is C23H22ClN5O2S. The summed E-state index contributed by atoms with van der Waals surface area (Å²) in [7, 11) is 0. The maximum Gasteiger partial charge on any atom is 0.228 e. The highest BCUT2D eigenvalue weighted by atomic mass is 35.5. The Hall–Kier alpha value is -2.97. The Morgan fingerprint density at radius 3 is 2.94 bits per heavy atom. The average Bonchev–Trinajstić information content (AvgIpc) is 3.46. The van der Waals surface area contributed by atoms with Crippen LogP contribution in [0.4, 0.5) is 0 Å². The highest BCUT2D eigenvalue weighted by molar-refractivity contribution is 7.09. The maximum absolute atomic E-state index is 13.0. The number of aromatic nitrogens is 4. The summed E-state index contributed by atoms with van der Waals surface area (Å²) in [5.41, 5.74) is 1.62. The number of rotatable bonds is 6. The van der Waals surface area contributed by atoms with Gasteiger partial charge in [0.1, 0.15) is 23.2 Å². The third-order valence-electron chi connectivity index (χ3n) is 5.59. The number of carbonyl (C=O) groups excluding carboxylic acids is 1. The van der Waals surface area contributed by atoms with Crippen molar-refractivity contribution in [2.45, 2.75) is 31.8 Å². The van der Waals surface area contributed by atoms with Crippen molar-refractivity contribution in [1.29, 1.82) is 0 Å². The van der Waals surface area contributed by atoms with Crippen molar-refractivity contribution < 1.29 is 9.53 Å². The molecule has 9 heteroatoms. The zero-order valence-electron chi connectivity index (χ0n) is 17.4. The van der Waals surface area contributed by atoms with Crippen LogP contribution in [0.3, 0.4) is 0 Å². The maximum atomic E-state index is 13.0. The minimum Gasteiger partial charge on any atom is -0.486 e. The van der Waals surface area contributed by atoms with Gasteiger partial charge in [0.25, 0.3) is 0 Å². The summed E-state index contributed by atoms with van der Waals surface area (Å²) in [6.07, 6.45) is 4.23. The van der Waals surface area contributed by atoms with E-state index in [0.717, 1.165) is 47.3 Å². The highest BCUT2D eigenvalue weighted by Gasteiger charge is 2.28. The average molecular weight is 468 g/mol. The van der Waals surface area contributed by atoms with Crippen LogP contribution in [-0.2, 0) is 17.8 Å². The van der Waals surface area contributed by atoms with E-state index < -0.39 is 0 Å². The van der Waals surface area contributed by atoms with Gasteiger partial charge in [-0.2, -0.15) is 0 Å². The predicted molar refractivity (Wildman–Crippen MR) is 123 cm³/mol. The molecule has 1 amide bonds.